The molecule has 114 valence electrons. The molecule has 0 bridgehead atoms. The Kier molecular flexibility index (Phi) is 6.78. The monoisotopic (exact) mass is 269 g/mol. The van der Waals surface area contributed by atoms with Gasteiger partial charge in [0.15, 0.2) is 0 Å². The minimum Gasteiger partial charge on any atom is -0.314 e. The number of rotatable bonds is 7. The van der Waals surface area contributed by atoms with Crippen LogP contribution in [0.4, 0.5) is 0 Å². The van der Waals surface area contributed by atoms with Crippen LogP contribution in [-0.4, -0.2) is 61.7 Å². The first kappa shape index (κ1) is 16.9. The van der Waals surface area contributed by atoms with E-state index in [9.17, 15) is 0 Å². The minimum atomic E-state index is 0.348. The molecule has 0 radical (unpaired) electrons. The zero-order chi connectivity index (χ0) is 14.5. The van der Waals surface area contributed by atoms with E-state index in [1.165, 1.54) is 39.0 Å². The Morgan fingerprint density at radius 2 is 1.84 bits per heavy atom. The molecule has 1 heterocycles. The van der Waals surface area contributed by atoms with Crippen molar-refractivity contribution in [1.82, 2.24) is 15.1 Å². The minimum absolute atomic E-state index is 0.348. The van der Waals surface area contributed by atoms with Crippen LogP contribution in [0, 0.1) is 5.41 Å². The van der Waals surface area contributed by atoms with Gasteiger partial charge >= 0.3 is 0 Å². The fourth-order valence-corrected chi connectivity index (χ4v) is 3.02. The summed E-state index contributed by atoms with van der Waals surface area (Å²) in [6.45, 7) is 17.5. The van der Waals surface area contributed by atoms with Gasteiger partial charge in [-0.1, -0.05) is 34.6 Å². The predicted molar refractivity (Wildman–Crippen MR) is 84.7 cm³/mol. The van der Waals surface area contributed by atoms with Gasteiger partial charge in [0.1, 0.15) is 0 Å². The van der Waals surface area contributed by atoms with Crippen molar-refractivity contribution in [1.29, 1.82) is 0 Å². The molecule has 1 aliphatic rings. The van der Waals surface area contributed by atoms with Gasteiger partial charge in [-0.3, -0.25) is 0 Å². The standard InChI is InChI=1S/C16H35N3/c1-7-19-10-8-15(9-11-19)18(6)13-16(4,5)12-17-14(2)3/h14-15,17H,7-13H2,1-6H3. The fourth-order valence-electron chi connectivity index (χ4n) is 3.02. The number of hydrogen-bond donors (Lipinski definition) is 1. The van der Waals surface area contributed by atoms with Gasteiger partial charge < -0.3 is 15.1 Å². The molecule has 0 aromatic rings. The van der Waals surface area contributed by atoms with Crippen molar-refractivity contribution in [3.05, 3.63) is 0 Å². The summed E-state index contributed by atoms with van der Waals surface area (Å²) in [5.74, 6) is 0. The molecule has 0 atom stereocenters. The Balaban J connectivity index is 2.35. The normalized spacial score (nSPS) is 19.6. The lowest BCUT2D eigenvalue weighted by Gasteiger charge is -2.40. The van der Waals surface area contributed by atoms with E-state index in [1.54, 1.807) is 0 Å². The summed E-state index contributed by atoms with van der Waals surface area (Å²) in [5, 5.41) is 3.58. The Morgan fingerprint density at radius 3 is 2.32 bits per heavy atom. The maximum Gasteiger partial charge on any atom is 0.0117 e. The lowest BCUT2D eigenvalue weighted by Crippen LogP contribution is -2.48. The van der Waals surface area contributed by atoms with Gasteiger partial charge in [0.25, 0.3) is 0 Å². The maximum absolute atomic E-state index is 3.58. The van der Waals surface area contributed by atoms with E-state index in [2.05, 4.69) is 56.8 Å². The van der Waals surface area contributed by atoms with Crippen molar-refractivity contribution < 1.29 is 0 Å². The predicted octanol–water partition coefficient (Wildman–Crippen LogP) is 2.43. The molecule has 0 aromatic carbocycles. The largest absolute Gasteiger partial charge is 0.314 e. The third-order valence-electron chi connectivity index (χ3n) is 4.29. The van der Waals surface area contributed by atoms with Crippen molar-refractivity contribution in [2.45, 2.75) is 59.5 Å². The van der Waals surface area contributed by atoms with Crippen LogP contribution in [0.3, 0.4) is 0 Å². The third-order valence-corrected chi connectivity index (χ3v) is 4.29. The molecule has 0 spiro atoms. The molecule has 0 aromatic heterocycles. The molecule has 1 fully saturated rings. The molecule has 1 rings (SSSR count). The highest BCUT2D eigenvalue weighted by atomic mass is 15.2. The molecule has 0 aliphatic carbocycles. The highest BCUT2D eigenvalue weighted by molar-refractivity contribution is 4.82. The van der Waals surface area contributed by atoms with Crippen LogP contribution in [0.1, 0.15) is 47.5 Å². The molecule has 3 nitrogen and oxygen atoms in total. The van der Waals surface area contributed by atoms with Gasteiger partial charge in [0.2, 0.25) is 0 Å². The van der Waals surface area contributed by atoms with Crippen LogP contribution in [0.15, 0.2) is 0 Å². The summed E-state index contributed by atoms with van der Waals surface area (Å²) < 4.78 is 0. The Bertz CT molecular complexity index is 242. The smallest absolute Gasteiger partial charge is 0.0117 e. The number of piperidine rings is 1. The average Bonchev–Trinajstić information content (AvgIpc) is 2.36. The third kappa shape index (κ3) is 6.24. The molecule has 0 saturated carbocycles. The van der Waals surface area contributed by atoms with E-state index in [1.807, 2.05) is 0 Å². The second kappa shape index (κ2) is 7.61. The van der Waals surface area contributed by atoms with Crippen molar-refractivity contribution in [3.8, 4) is 0 Å². The summed E-state index contributed by atoms with van der Waals surface area (Å²) in [6, 6.07) is 1.36. The lowest BCUT2D eigenvalue weighted by molar-refractivity contribution is 0.0978. The number of hydrogen-bond acceptors (Lipinski definition) is 3. The molecule has 19 heavy (non-hydrogen) atoms. The molecule has 0 amide bonds. The SMILES string of the molecule is CCN1CCC(N(C)CC(C)(C)CNC(C)C)CC1. The van der Waals surface area contributed by atoms with E-state index in [4.69, 9.17) is 0 Å². The van der Waals surface area contributed by atoms with Crippen molar-refractivity contribution in [2.75, 3.05) is 39.8 Å². The second-order valence-corrected chi connectivity index (χ2v) is 7.28. The zero-order valence-corrected chi connectivity index (χ0v) is 14.0. The topological polar surface area (TPSA) is 18.5 Å². The second-order valence-electron chi connectivity index (χ2n) is 7.28. The fraction of sp³-hybridized carbons (Fsp3) is 1.00. The Labute approximate surface area is 120 Å². The van der Waals surface area contributed by atoms with E-state index < -0.39 is 0 Å². The van der Waals surface area contributed by atoms with Crippen LogP contribution in [-0.2, 0) is 0 Å². The van der Waals surface area contributed by atoms with Crippen LogP contribution >= 0.6 is 0 Å². The van der Waals surface area contributed by atoms with Gasteiger partial charge in [-0.15, -0.1) is 0 Å². The summed E-state index contributed by atoms with van der Waals surface area (Å²) in [4.78, 5) is 5.16. The Morgan fingerprint density at radius 1 is 1.26 bits per heavy atom. The van der Waals surface area contributed by atoms with Crippen molar-refractivity contribution in [3.63, 3.8) is 0 Å². The molecule has 1 aliphatic heterocycles. The van der Waals surface area contributed by atoms with Crippen LogP contribution in [0.5, 0.6) is 0 Å². The van der Waals surface area contributed by atoms with Gasteiger partial charge in [0, 0.05) is 25.2 Å². The molecular weight excluding hydrogens is 234 g/mol. The lowest BCUT2D eigenvalue weighted by atomic mass is 9.91. The summed E-state index contributed by atoms with van der Waals surface area (Å²) in [6.07, 6.45) is 2.66. The Hall–Kier alpha value is -0.120. The molecular formula is C16H35N3. The summed E-state index contributed by atoms with van der Waals surface area (Å²) >= 11 is 0. The van der Waals surface area contributed by atoms with Crippen LogP contribution in [0.25, 0.3) is 0 Å². The van der Waals surface area contributed by atoms with E-state index in [-0.39, 0.29) is 0 Å². The number of nitrogens with one attached hydrogen (secondary N) is 1. The van der Waals surface area contributed by atoms with Crippen LogP contribution in [0.2, 0.25) is 0 Å². The quantitative estimate of drug-likeness (QED) is 0.766. The van der Waals surface area contributed by atoms with Gasteiger partial charge in [0.05, 0.1) is 0 Å². The average molecular weight is 269 g/mol. The highest BCUT2D eigenvalue weighted by Gasteiger charge is 2.26. The first-order valence-electron chi connectivity index (χ1n) is 8.00. The summed E-state index contributed by atoms with van der Waals surface area (Å²) in [7, 11) is 2.31. The maximum atomic E-state index is 3.58. The highest BCUT2D eigenvalue weighted by Crippen LogP contribution is 2.21. The number of nitrogens with zero attached hydrogens (tertiary/aromatic N) is 2. The van der Waals surface area contributed by atoms with E-state index in [0.717, 1.165) is 12.6 Å². The van der Waals surface area contributed by atoms with Crippen molar-refractivity contribution in [2.24, 2.45) is 5.41 Å². The van der Waals surface area contributed by atoms with Gasteiger partial charge in [-0.25, -0.2) is 0 Å². The molecule has 1 N–H and O–H groups in total. The van der Waals surface area contributed by atoms with Gasteiger partial charge in [-0.2, -0.15) is 0 Å². The molecule has 3 heteroatoms. The van der Waals surface area contributed by atoms with Crippen molar-refractivity contribution >= 4 is 0 Å². The van der Waals surface area contributed by atoms with E-state index in [0.29, 0.717) is 11.5 Å². The van der Waals surface area contributed by atoms with E-state index >= 15 is 0 Å². The zero-order valence-electron chi connectivity index (χ0n) is 14.0. The number of likely N-dealkylation sites (tertiary alicyclic amines) is 1. The molecule has 1 saturated heterocycles. The first-order valence-corrected chi connectivity index (χ1v) is 8.00. The molecule has 0 unspecified atom stereocenters. The summed E-state index contributed by atoms with van der Waals surface area (Å²) in [5.41, 5.74) is 0.348. The van der Waals surface area contributed by atoms with Gasteiger partial charge in [-0.05, 0) is 44.9 Å². The first-order chi connectivity index (χ1) is 8.84. The van der Waals surface area contributed by atoms with Crippen LogP contribution < -0.4 is 5.32 Å².